The minimum absolute atomic E-state index is 0.0778. The number of aromatic nitrogens is 3. The van der Waals surface area contributed by atoms with Gasteiger partial charge in [-0.05, 0) is 30.3 Å². The van der Waals surface area contributed by atoms with E-state index in [4.69, 9.17) is 0 Å². The van der Waals surface area contributed by atoms with Crippen molar-refractivity contribution in [3.63, 3.8) is 0 Å². The van der Waals surface area contributed by atoms with Gasteiger partial charge in [0.2, 0.25) is 0 Å². The lowest BCUT2D eigenvalue weighted by Gasteiger charge is -2.11. The highest BCUT2D eigenvalue weighted by Gasteiger charge is 2.13. The Bertz CT molecular complexity index is 1120. The molecule has 7 heteroatoms. The number of nitrogens with one attached hydrogen (secondary N) is 1. The van der Waals surface area contributed by atoms with Gasteiger partial charge in [0, 0.05) is 29.9 Å². The highest BCUT2D eigenvalue weighted by molar-refractivity contribution is 5.94. The Balaban J connectivity index is 1.61. The van der Waals surface area contributed by atoms with E-state index < -0.39 is 17.5 Å². The van der Waals surface area contributed by atoms with Gasteiger partial charge in [-0.3, -0.25) is 9.36 Å². The van der Waals surface area contributed by atoms with Gasteiger partial charge in [-0.2, -0.15) is 0 Å². The average molecular weight is 364 g/mol. The number of imidazole rings is 1. The van der Waals surface area contributed by atoms with Crippen molar-refractivity contribution in [3.8, 4) is 5.82 Å². The SMILES string of the molecule is O=C(NCc1cccnc1-n1cnc2ccccc21)c1cc(F)cc(F)c1. The summed E-state index contributed by atoms with van der Waals surface area (Å²) in [5.41, 5.74) is 2.38. The highest BCUT2D eigenvalue weighted by atomic mass is 19.1. The van der Waals surface area contributed by atoms with Crippen molar-refractivity contribution in [2.45, 2.75) is 6.54 Å². The van der Waals surface area contributed by atoms with E-state index in [2.05, 4.69) is 15.3 Å². The van der Waals surface area contributed by atoms with E-state index in [-0.39, 0.29) is 12.1 Å². The van der Waals surface area contributed by atoms with Gasteiger partial charge in [0.05, 0.1) is 11.0 Å². The number of rotatable bonds is 4. The third kappa shape index (κ3) is 3.39. The van der Waals surface area contributed by atoms with Crippen molar-refractivity contribution in [2.24, 2.45) is 0 Å². The normalized spacial score (nSPS) is 10.9. The van der Waals surface area contributed by atoms with E-state index in [0.29, 0.717) is 5.82 Å². The molecule has 0 bridgehead atoms. The molecule has 0 saturated heterocycles. The molecule has 0 radical (unpaired) electrons. The zero-order chi connectivity index (χ0) is 18.8. The van der Waals surface area contributed by atoms with E-state index in [1.165, 1.54) is 0 Å². The Morgan fingerprint density at radius 1 is 1.00 bits per heavy atom. The van der Waals surface area contributed by atoms with Crippen LogP contribution in [0.3, 0.4) is 0 Å². The maximum Gasteiger partial charge on any atom is 0.251 e. The number of hydrogen-bond donors (Lipinski definition) is 1. The number of para-hydroxylation sites is 2. The van der Waals surface area contributed by atoms with Gasteiger partial charge < -0.3 is 5.32 Å². The number of pyridine rings is 1. The molecular formula is C20H14F2N4O. The van der Waals surface area contributed by atoms with Gasteiger partial charge in [0.15, 0.2) is 0 Å². The van der Waals surface area contributed by atoms with E-state index in [1.54, 1.807) is 18.6 Å². The molecule has 2 aromatic carbocycles. The number of nitrogens with zero attached hydrogens (tertiary/aromatic N) is 3. The molecule has 134 valence electrons. The summed E-state index contributed by atoms with van der Waals surface area (Å²) in [6.07, 6.45) is 3.32. The first-order valence-electron chi connectivity index (χ1n) is 8.22. The predicted octanol–water partition coefficient (Wildman–Crippen LogP) is 3.63. The standard InChI is InChI=1S/C20H14F2N4O/c21-15-8-14(9-16(22)10-15)20(27)24-11-13-4-3-7-23-19(13)26-12-25-17-5-1-2-6-18(17)26/h1-10,12H,11H2,(H,24,27). The lowest BCUT2D eigenvalue weighted by atomic mass is 10.2. The molecule has 0 aliphatic rings. The summed E-state index contributed by atoms with van der Waals surface area (Å²) >= 11 is 0. The summed E-state index contributed by atoms with van der Waals surface area (Å²) < 4.78 is 28.5. The van der Waals surface area contributed by atoms with Crippen molar-refractivity contribution >= 4 is 16.9 Å². The van der Waals surface area contributed by atoms with Gasteiger partial charge in [-0.15, -0.1) is 0 Å². The Morgan fingerprint density at radius 3 is 2.59 bits per heavy atom. The second-order valence-corrected chi connectivity index (χ2v) is 5.93. The molecule has 0 atom stereocenters. The minimum Gasteiger partial charge on any atom is -0.348 e. The number of benzene rings is 2. The molecule has 0 unspecified atom stereocenters. The van der Waals surface area contributed by atoms with Gasteiger partial charge in [-0.1, -0.05) is 18.2 Å². The fourth-order valence-corrected chi connectivity index (χ4v) is 2.88. The van der Waals surface area contributed by atoms with Crippen LogP contribution in [0.15, 0.2) is 67.1 Å². The van der Waals surface area contributed by atoms with Crippen LogP contribution in [-0.2, 0) is 6.54 Å². The smallest absolute Gasteiger partial charge is 0.251 e. The second kappa shape index (κ2) is 6.95. The molecule has 0 fully saturated rings. The molecule has 2 aromatic heterocycles. The van der Waals surface area contributed by atoms with E-state index in [0.717, 1.165) is 34.8 Å². The molecule has 1 amide bonds. The second-order valence-electron chi connectivity index (χ2n) is 5.93. The monoisotopic (exact) mass is 364 g/mol. The fourth-order valence-electron chi connectivity index (χ4n) is 2.88. The quantitative estimate of drug-likeness (QED) is 0.602. The fraction of sp³-hybridized carbons (Fsp3) is 0.0500. The summed E-state index contributed by atoms with van der Waals surface area (Å²) in [6, 6.07) is 13.9. The van der Waals surface area contributed by atoms with Crippen LogP contribution in [0.4, 0.5) is 8.78 Å². The van der Waals surface area contributed by atoms with E-state index in [9.17, 15) is 13.6 Å². The average Bonchev–Trinajstić information content (AvgIpc) is 3.09. The van der Waals surface area contributed by atoms with Gasteiger partial charge in [0.25, 0.3) is 5.91 Å². The van der Waals surface area contributed by atoms with Gasteiger partial charge in [-0.25, -0.2) is 18.7 Å². The van der Waals surface area contributed by atoms with Crippen LogP contribution >= 0.6 is 0 Å². The van der Waals surface area contributed by atoms with E-state index >= 15 is 0 Å². The van der Waals surface area contributed by atoms with Crippen LogP contribution in [0.1, 0.15) is 15.9 Å². The largest absolute Gasteiger partial charge is 0.348 e. The molecule has 27 heavy (non-hydrogen) atoms. The molecule has 0 saturated carbocycles. The molecule has 0 aliphatic heterocycles. The topological polar surface area (TPSA) is 59.8 Å². The molecule has 2 heterocycles. The summed E-state index contributed by atoms with van der Waals surface area (Å²) in [5, 5.41) is 2.67. The molecule has 1 N–H and O–H groups in total. The zero-order valence-corrected chi connectivity index (χ0v) is 14.1. The van der Waals surface area contributed by atoms with Crippen molar-refractivity contribution in [2.75, 3.05) is 0 Å². The maximum atomic E-state index is 13.3. The molecule has 4 aromatic rings. The van der Waals surface area contributed by atoms with Crippen LogP contribution in [0.25, 0.3) is 16.9 Å². The first-order valence-corrected chi connectivity index (χ1v) is 8.22. The number of carbonyl (C=O) groups excluding carboxylic acids is 1. The summed E-state index contributed by atoms with van der Waals surface area (Å²) in [4.78, 5) is 21.0. The number of hydrogen-bond acceptors (Lipinski definition) is 3. The lowest BCUT2D eigenvalue weighted by molar-refractivity contribution is 0.0950. The molecule has 0 spiro atoms. The molecule has 5 nitrogen and oxygen atoms in total. The summed E-state index contributed by atoms with van der Waals surface area (Å²) in [5.74, 6) is -1.55. The van der Waals surface area contributed by atoms with Crippen LogP contribution in [0, 0.1) is 11.6 Å². The van der Waals surface area contributed by atoms with Crippen molar-refractivity contribution in [1.29, 1.82) is 0 Å². The molecule has 4 rings (SSSR count). The van der Waals surface area contributed by atoms with Crippen LogP contribution in [0.2, 0.25) is 0 Å². The zero-order valence-electron chi connectivity index (χ0n) is 14.1. The lowest BCUT2D eigenvalue weighted by Crippen LogP contribution is -2.24. The third-order valence-corrected chi connectivity index (χ3v) is 4.11. The third-order valence-electron chi connectivity index (χ3n) is 4.11. The van der Waals surface area contributed by atoms with Gasteiger partial charge in [0.1, 0.15) is 23.8 Å². The Labute approximate surface area is 153 Å². The van der Waals surface area contributed by atoms with E-state index in [1.807, 2.05) is 34.9 Å². The first kappa shape index (κ1) is 16.8. The maximum absolute atomic E-state index is 13.3. The molecular weight excluding hydrogens is 350 g/mol. The Morgan fingerprint density at radius 2 is 1.78 bits per heavy atom. The number of carbonyl (C=O) groups is 1. The minimum atomic E-state index is -0.799. The van der Waals surface area contributed by atoms with Crippen LogP contribution in [-0.4, -0.2) is 20.4 Å². The van der Waals surface area contributed by atoms with Crippen LogP contribution in [0.5, 0.6) is 0 Å². The molecule has 0 aliphatic carbocycles. The number of amides is 1. The van der Waals surface area contributed by atoms with Crippen molar-refractivity contribution in [1.82, 2.24) is 19.9 Å². The summed E-state index contributed by atoms with van der Waals surface area (Å²) in [6.45, 7) is 0.145. The highest BCUT2D eigenvalue weighted by Crippen LogP contribution is 2.19. The Hall–Kier alpha value is -3.61. The van der Waals surface area contributed by atoms with Crippen LogP contribution < -0.4 is 5.32 Å². The number of halogens is 2. The Kier molecular flexibility index (Phi) is 4.33. The van der Waals surface area contributed by atoms with Crippen molar-refractivity contribution in [3.05, 3.63) is 89.9 Å². The summed E-state index contributed by atoms with van der Waals surface area (Å²) in [7, 11) is 0. The van der Waals surface area contributed by atoms with Crippen molar-refractivity contribution < 1.29 is 13.6 Å². The first-order chi connectivity index (χ1) is 13.1. The van der Waals surface area contributed by atoms with Gasteiger partial charge >= 0.3 is 0 Å². The number of fused-ring (bicyclic) bond motifs is 1. The predicted molar refractivity (Wildman–Crippen MR) is 96.4 cm³/mol.